The van der Waals surface area contributed by atoms with Crippen molar-refractivity contribution in [2.75, 3.05) is 18.8 Å². The number of amides is 1. The van der Waals surface area contributed by atoms with E-state index in [0.717, 1.165) is 25.7 Å². The molecule has 134 valence electrons. The minimum absolute atomic E-state index is 0.0217. The highest BCUT2D eigenvalue weighted by molar-refractivity contribution is 7.89. The molecule has 24 heavy (non-hydrogen) atoms. The van der Waals surface area contributed by atoms with Crippen LogP contribution in [0.1, 0.15) is 38.7 Å². The molecule has 1 saturated heterocycles. The average molecular weight is 353 g/mol. The maximum absolute atomic E-state index is 12.4. The first kappa shape index (κ1) is 18.9. The molecular weight excluding hydrogens is 324 g/mol. The van der Waals surface area contributed by atoms with Crippen molar-refractivity contribution in [3.63, 3.8) is 0 Å². The number of hydrogen-bond donors (Lipinski definition) is 1. The van der Waals surface area contributed by atoms with Gasteiger partial charge in [-0.05, 0) is 45.1 Å². The van der Waals surface area contributed by atoms with Crippen LogP contribution in [-0.4, -0.2) is 43.5 Å². The molecule has 0 aromatic heterocycles. The van der Waals surface area contributed by atoms with Gasteiger partial charge in [-0.2, -0.15) is 0 Å². The van der Waals surface area contributed by atoms with Gasteiger partial charge in [-0.1, -0.05) is 30.3 Å². The molecule has 0 bridgehead atoms. The Morgan fingerprint density at radius 2 is 2.04 bits per heavy atom. The molecule has 1 fully saturated rings. The van der Waals surface area contributed by atoms with E-state index < -0.39 is 10.0 Å². The van der Waals surface area contributed by atoms with Crippen LogP contribution in [-0.2, 0) is 21.2 Å². The zero-order valence-corrected chi connectivity index (χ0v) is 15.4. The lowest BCUT2D eigenvalue weighted by atomic mass is 9.98. The number of carbonyl (C=O) groups is 1. The molecule has 2 rings (SSSR count). The molecule has 0 saturated carbocycles. The highest BCUT2D eigenvalue weighted by Gasteiger charge is 2.31. The van der Waals surface area contributed by atoms with Crippen LogP contribution < -0.4 is 5.32 Å². The van der Waals surface area contributed by atoms with Gasteiger partial charge in [0.1, 0.15) is 0 Å². The topological polar surface area (TPSA) is 66.5 Å². The number of carbonyl (C=O) groups excluding carboxylic acids is 1. The van der Waals surface area contributed by atoms with Gasteiger partial charge in [0.15, 0.2) is 0 Å². The third-order valence-corrected chi connectivity index (χ3v) is 6.46. The maximum atomic E-state index is 12.4. The molecule has 0 radical (unpaired) electrons. The van der Waals surface area contributed by atoms with Crippen LogP contribution in [0.4, 0.5) is 0 Å². The van der Waals surface area contributed by atoms with Crippen LogP contribution in [0.3, 0.4) is 0 Å². The monoisotopic (exact) mass is 352 g/mol. The van der Waals surface area contributed by atoms with Crippen molar-refractivity contribution in [3.8, 4) is 0 Å². The van der Waals surface area contributed by atoms with Crippen molar-refractivity contribution in [1.82, 2.24) is 9.62 Å². The van der Waals surface area contributed by atoms with Gasteiger partial charge in [0, 0.05) is 19.1 Å². The second kappa shape index (κ2) is 8.62. The average Bonchev–Trinajstić information content (AvgIpc) is 2.61. The van der Waals surface area contributed by atoms with Crippen molar-refractivity contribution in [1.29, 1.82) is 0 Å². The van der Waals surface area contributed by atoms with Crippen molar-refractivity contribution >= 4 is 15.9 Å². The van der Waals surface area contributed by atoms with Crippen LogP contribution in [0, 0.1) is 5.92 Å². The minimum atomic E-state index is -3.21. The van der Waals surface area contributed by atoms with Crippen molar-refractivity contribution < 1.29 is 13.2 Å². The molecule has 1 N–H and O–H groups in total. The molecular formula is C18H28N2O3S. The molecule has 6 heteroatoms. The molecule has 0 spiro atoms. The van der Waals surface area contributed by atoms with E-state index in [4.69, 9.17) is 0 Å². The standard InChI is InChI=1S/C18H28N2O3S/c1-3-24(22,23)20-13-7-10-17(14-20)18(21)19-15(2)11-12-16-8-5-4-6-9-16/h4-6,8-9,15,17H,3,7,10-14H2,1-2H3,(H,19,21)/t15-,17-/m0/s1. The summed E-state index contributed by atoms with van der Waals surface area (Å²) >= 11 is 0. The summed E-state index contributed by atoms with van der Waals surface area (Å²) in [7, 11) is -3.21. The predicted molar refractivity (Wildman–Crippen MR) is 96.1 cm³/mol. The maximum Gasteiger partial charge on any atom is 0.224 e. The minimum Gasteiger partial charge on any atom is -0.353 e. The van der Waals surface area contributed by atoms with E-state index >= 15 is 0 Å². The largest absolute Gasteiger partial charge is 0.353 e. The van der Waals surface area contributed by atoms with Gasteiger partial charge < -0.3 is 5.32 Å². The number of aryl methyl sites for hydroxylation is 1. The fraction of sp³-hybridized carbons (Fsp3) is 0.611. The molecule has 1 aromatic rings. The number of piperidine rings is 1. The summed E-state index contributed by atoms with van der Waals surface area (Å²) in [6.45, 7) is 4.49. The van der Waals surface area contributed by atoms with Gasteiger partial charge in [-0.3, -0.25) is 4.79 Å². The highest BCUT2D eigenvalue weighted by atomic mass is 32.2. The molecule has 2 atom stereocenters. The summed E-state index contributed by atoms with van der Waals surface area (Å²) < 4.78 is 25.5. The fourth-order valence-corrected chi connectivity index (χ4v) is 4.23. The first-order valence-corrected chi connectivity index (χ1v) is 10.4. The van der Waals surface area contributed by atoms with Crippen molar-refractivity contribution in [2.24, 2.45) is 5.92 Å². The van der Waals surface area contributed by atoms with Crippen LogP contribution >= 0.6 is 0 Å². The third kappa shape index (κ3) is 5.31. The van der Waals surface area contributed by atoms with E-state index in [9.17, 15) is 13.2 Å². The number of benzene rings is 1. The van der Waals surface area contributed by atoms with Crippen LogP contribution in [0.5, 0.6) is 0 Å². The number of hydrogen-bond acceptors (Lipinski definition) is 3. The van der Waals surface area contributed by atoms with Crippen LogP contribution in [0.25, 0.3) is 0 Å². The molecule has 0 aliphatic carbocycles. The lowest BCUT2D eigenvalue weighted by Crippen LogP contribution is -2.47. The summed E-state index contributed by atoms with van der Waals surface area (Å²) in [6.07, 6.45) is 3.30. The second-order valence-corrected chi connectivity index (χ2v) is 8.79. The molecule has 1 heterocycles. The lowest BCUT2D eigenvalue weighted by molar-refractivity contribution is -0.126. The highest BCUT2D eigenvalue weighted by Crippen LogP contribution is 2.20. The zero-order valence-electron chi connectivity index (χ0n) is 14.6. The van der Waals surface area contributed by atoms with E-state index in [2.05, 4.69) is 17.4 Å². The second-order valence-electron chi connectivity index (χ2n) is 6.53. The van der Waals surface area contributed by atoms with Gasteiger partial charge >= 0.3 is 0 Å². The van der Waals surface area contributed by atoms with Crippen LogP contribution in [0.2, 0.25) is 0 Å². The first-order chi connectivity index (χ1) is 11.4. The van der Waals surface area contributed by atoms with E-state index in [1.54, 1.807) is 6.92 Å². The summed E-state index contributed by atoms with van der Waals surface area (Å²) in [5.74, 6) is -0.166. The SMILES string of the molecule is CCS(=O)(=O)N1CCC[C@H](C(=O)N[C@@H](C)CCc2ccccc2)C1. The van der Waals surface area contributed by atoms with E-state index in [1.807, 2.05) is 25.1 Å². The third-order valence-electron chi connectivity index (χ3n) is 4.61. The molecule has 0 unspecified atom stereocenters. The number of nitrogens with one attached hydrogen (secondary N) is 1. The van der Waals surface area contributed by atoms with Crippen molar-refractivity contribution in [2.45, 2.75) is 45.6 Å². The number of nitrogens with zero attached hydrogens (tertiary/aromatic N) is 1. The Hall–Kier alpha value is -1.40. The Morgan fingerprint density at radius 3 is 2.71 bits per heavy atom. The Labute approximate surface area is 145 Å². The number of rotatable bonds is 7. The summed E-state index contributed by atoms with van der Waals surface area (Å²) in [5.41, 5.74) is 1.26. The molecule has 1 aliphatic rings. The Balaban J connectivity index is 1.82. The fourth-order valence-electron chi connectivity index (χ4n) is 3.05. The quantitative estimate of drug-likeness (QED) is 0.818. The first-order valence-electron chi connectivity index (χ1n) is 8.74. The lowest BCUT2D eigenvalue weighted by Gasteiger charge is -2.31. The Morgan fingerprint density at radius 1 is 1.33 bits per heavy atom. The van der Waals surface area contributed by atoms with Gasteiger partial charge in [-0.25, -0.2) is 12.7 Å². The number of sulfonamides is 1. The van der Waals surface area contributed by atoms with Gasteiger partial charge in [0.05, 0.1) is 11.7 Å². The Kier molecular flexibility index (Phi) is 6.80. The molecule has 5 nitrogen and oxygen atoms in total. The zero-order chi connectivity index (χ0) is 17.6. The summed E-state index contributed by atoms with van der Waals surface area (Å²) in [6, 6.07) is 10.3. The van der Waals surface area contributed by atoms with Gasteiger partial charge in [0.2, 0.25) is 15.9 Å². The molecule has 1 amide bonds. The normalized spacial score (nSPS) is 20.5. The van der Waals surface area contributed by atoms with E-state index in [0.29, 0.717) is 13.1 Å². The summed E-state index contributed by atoms with van der Waals surface area (Å²) in [5, 5.41) is 3.05. The molecule has 1 aromatic carbocycles. The summed E-state index contributed by atoms with van der Waals surface area (Å²) in [4.78, 5) is 12.4. The Bertz CT molecular complexity index is 631. The van der Waals surface area contributed by atoms with E-state index in [-0.39, 0.29) is 23.6 Å². The van der Waals surface area contributed by atoms with Crippen LogP contribution in [0.15, 0.2) is 30.3 Å². The van der Waals surface area contributed by atoms with Gasteiger partial charge in [0.25, 0.3) is 0 Å². The van der Waals surface area contributed by atoms with Crippen molar-refractivity contribution in [3.05, 3.63) is 35.9 Å². The molecule has 1 aliphatic heterocycles. The predicted octanol–water partition coefficient (Wildman–Crippen LogP) is 2.19. The smallest absolute Gasteiger partial charge is 0.224 e. The van der Waals surface area contributed by atoms with Gasteiger partial charge in [-0.15, -0.1) is 0 Å². The van der Waals surface area contributed by atoms with E-state index in [1.165, 1.54) is 9.87 Å².